The number of aromatic nitrogens is 3. The second kappa shape index (κ2) is 8.25. The number of hydrogen-bond acceptors (Lipinski definition) is 3. The Bertz CT molecular complexity index is 532. The van der Waals surface area contributed by atoms with Crippen LogP contribution >= 0.6 is 0 Å². The van der Waals surface area contributed by atoms with Crippen LogP contribution in [0.15, 0.2) is 30.3 Å². The third-order valence-corrected chi connectivity index (χ3v) is 2.84. The third-order valence-electron chi connectivity index (χ3n) is 2.84. The van der Waals surface area contributed by atoms with Crippen molar-refractivity contribution in [2.75, 3.05) is 0 Å². The highest BCUT2D eigenvalue weighted by Gasteiger charge is 2.18. The van der Waals surface area contributed by atoms with Crippen molar-refractivity contribution in [3.8, 4) is 5.69 Å². The number of Topliss-reactive ketones (excluding diaryl/α,β-unsaturated/α-hetero) is 1. The second-order valence-electron chi connectivity index (χ2n) is 4.16. The molecule has 0 N–H and O–H groups in total. The van der Waals surface area contributed by atoms with Crippen LogP contribution in [0.25, 0.3) is 5.69 Å². The fourth-order valence-electron chi connectivity index (χ4n) is 1.92. The lowest BCUT2D eigenvalue weighted by Crippen LogP contribution is -2.06. The Hall–Kier alpha value is -1.97. The minimum atomic E-state index is 0.0561. The minimum Gasteiger partial charge on any atom is -0.292 e. The molecule has 2 rings (SSSR count). The van der Waals surface area contributed by atoms with Crippen LogP contribution in [-0.2, 0) is 6.42 Å². The maximum atomic E-state index is 11.8. The second-order valence-corrected chi connectivity index (χ2v) is 4.16. The highest BCUT2D eigenvalue weighted by molar-refractivity contribution is 5.95. The molecule has 0 saturated carbocycles. The summed E-state index contributed by atoms with van der Waals surface area (Å²) in [7, 11) is 0. The first-order chi connectivity index (χ1) is 9.77. The lowest BCUT2D eigenvalue weighted by Gasteiger charge is -2.06. The lowest BCUT2D eigenvalue weighted by atomic mass is 10.1. The molecule has 0 unspecified atom stereocenters. The first-order valence-electron chi connectivity index (χ1n) is 7.31. The Labute approximate surface area is 120 Å². The van der Waals surface area contributed by atoms with Gasteiger partial charge in [-0.25, -0.2) is 4.68 Å². The monoisotopic (exact) mass is 273 g/mol. The van der Waals surface area contributed by atoms with Gasteiger partial charge in [0.2, 0.25) is 0 Å². The fourth-order valence-corrected chi connectivity index (χ4v) is 1.92. The molecule has 0 amide bonds. The van der Waals surface area contributed by atoms with Crippen LogP contribution in [0.2, 0.25) is 0 Å². The van der Waals surface area contributed by atoms with Crippen LogP contribution in [0.3, 0.4) is 0 Å². The molecule has 0 bridgehead atoms. The summed E-state index contributed by atoms with van der Waals surface area (Å²) in [4.78, 5) is 11.8. The Morgan fingerprint density at radius 1 is 1.15 bits per heavy atom. The number of hydrogen-bond donors (Lipinski definition) is 0. The topological polar surface area (TPSA) is 47.8 Å². The smallest absolute Gasteiger partial charge is 0.184 e. The molecule has 0 spiro atoms. The van der Waals surface area contributed by atoms with Gasteiger partial charge in [-0.15, -0.1) is 5.10 Å². The van der Waals surface area contributed by atoms with Crippen LogP contribution in [-0.4, -0.2) is 20.8 Å². The van der Waals surface area contributed by atoms with Gasteiger partial charge in [0.1, 0.15) is 0 Å². The molecule has 1 aromatic carbocycles. The first-order valence-corrected chi connectivity index (χ1v) is 7.31. The van der Waals surface area contributed by atoms with Crippen LogP contribution in [0.1, 0.15) is 56.7 Å². The van der Waals surface area contributed by atoms with E-state index in [-0.39, 0.29) is 5.78 Å². The molecule has 108 valence electrons. The van der Waals surface area contributed by atoms with Crippen molar-refractivity contribution in [3.05, 3.63) is 41.7 Å². The summed E-state index contributed by atoms with van der Waals surface area (Å²) in [6.07, 6.45) is 2.23. The zero-order valence-electron chi connectivity index (χ0n) is 12.8. The SMILES string of the molecule is CC.CCCc1c(C(=O)CC)nnn1-c1ccccc1. The molecule has 0 aliphatic heterocycles. The van der Waals surface area contributed by atoms with E-state index in [2.05, 4.69) is 17.2 Å². The van der Waals surface area contributed by atoms with Gasteiger partial charge in [-0.05, 0) is 18.6 Å². The molecule has 0 atom stereocenters. The summed E-state index contributed by atoms with van der Waals surface area (Å²) in [5, 5.41) is 8.17. The predicted molar refractivity (Wildman–Crippen MR) is 81.3 cm³/mol. The molecule has 20 heavy (non-hydrogen) atoms. The van der Waals surface area contributed by atoms with Gasteiger partial charge in [-0.2, -0.15) is 0 Å². The van der Waals surface area contributed by atoms with Crippen molar-refractivity contribution in [2.45, 2.75) is 47.0 Å². The number of carbonyl (C=O) groups is 1. The Kier molecular flexibility index (Phi) is 6.64. The standard InChI is InChI=1S/C14H17N3O.C2H6/c1-3-8-12-14(13(18)4-2)15-16-17(12)11-9-6-5-7-10-11;1-2/h5-7,9-10H,3-4,8H2,1-2H3;1-2H3. The van der Waals surface area contributed by atoms with Gasteiger partial charge in [0, 0.05) is 6.42 Å². The summed E-state index contributed by atoms with van der Waals surface area (Å²) >= 11 is 0. The molecule has 4 nitrogen and oxygen atoms in total. The quantitative estimate of drug-likeness (QED) is 0.778. The van der Waals surface area contributed by atoms with E-state index in [1.54, 1.807) is 4.68 Å². The van der Waals surface area contributed by atoms with E-state index in [0.29, 0.717) is 12.1 Å². The summed E-state index contributed by atoms with van der Waals surface area (Å²) in [5.74, 6) is 0.0561. The van der Waals surface area contributed by atoms with Gasteiger partial charge in [-0.3, -0.25) is 4.79 Å². The van der Waals surface area contributed by atoms with Crippen molar-refractivity contribution in [1.29, 1.82) is 0 Å². The molecule has 0 aliphatic carbocycles. The molecule has 2 aromatic rings. The largest absolute Gasteiger partial charge is 0.292 e. The Balaban J connectivity index is 0.000000956. The highest BCUT2D eigenvalue weighted by atomic mass is 16.1. The molecule has 0 radical (unpaired) electrons. The van der Waals surface area contributed by atoms with Crippen molar-refractivity contribution >= 4 is 5.78 Å². The number of benzene rings is 1. The Morgan fingerprint density at radius 3 is 2.35 bits per heavy atom. The lowest BCUT2D eigenvalue weighted by molar-refractivity contribution is 0.0982. The summed E-state index contributed by atoms with van der Waals surface area (Å²) in [6.45, 7) is 7.93. The summed E-state index contributed by atoms with van der Waals surface area (Å²) in [6, 6.07) is 9.79. The van der Waals surface area contributed by atoms with E-state index in [4.69, 9.17) is 0 Å². The molecule has 0 aliphatic rings. The van der Waals surface area contributed by atoms with Gasteiger partial charge in [0.05, 0.1) is 11.4 Å². The van der Waals surface area contributed by atoms with E-state index in [9.17, 15) is 4.79 Å². The fraction of sp³-hybridized carbons (Fsp3) is 0.438. The van der Waals surface area contributed by atoms with Crippen LogP contribution < -0.4 is 0 Å². The average molecular weight is 273 g/mol. The molecule has 1 heterocycles. The van der Waals surface area contributed by atoms with Crippen LogP contribution in [0, 0.1) is 0 Å². The molecule has 0 saturated heterocycles. The van der Waals surface area contributed by atoms with Crippen LogP contribution in [0.4, 0.5) is 0 Å². The molecule has 1 aromatic heterocycles. The van der Waals surface area contributed by atoms with Crippen molar-refractivity contribution in [2.24, 2.45) is 0 Å². The van der Waals surface area contributed by atoms with E-state index in [1.807, 2.05) is 51.1 Å². The normalized spacial score (nSPS) is 9.80. The zero-order chi connectivity index (χ0) is 15.0. The average Bonchev–Trinajstić information content (AvgIpc) is 2.93. The predicted octanol–water partition coefficient (Wildman–Crippen LogP) is 3.84. The van der Waals surface area contributed by atoms with Crippen molar-refractivity contribution in [3.63, 3.8) is 0 Å². The number of carbonyl (C=O) groups excluding carboxylic acids is 1. The minimum absolute atomic E-state index is 0.0561. The zero-order valence-corrected chi connectivity index (χ0v) is 12.8. The summed E-state index contributed by atoms with van der Waals surface area (Å²) < 4.78 is 1.77. The number of ketones is 1. The third kappa shape index (κ3) is 3.53. The van der Waals surface area contributed by atoms with Gasteiger partial charge in [0.15, 0.2) is 11.5 Å². The van der Waals surface area contributed by atoms with E-state index < -0.39 is 0 Å². The first kappa shape index (κ1) is 16.1. The van der Waals surface area contributed by atoms with Crippen molar-refractivity contribution in [1.82, 2.24) is 15.0 Å². The molecular weight excluding hydrogens is 250 g/mol. The number of nitrogens with zero attached hydrogens (tertiary/aromatic N) is 3. The van der Waals surface area contributed by atoms with E-state index >= 15 is 0 Å². The maximum absolute atomic E-state index is 11.8. The highest BCUT2D eigenvalue weighted by Crippen LogP contribution is 2.15. The van der Waals surface area contributed by atoms with Crippen LogP contribution in [0.5, 0.6) is 0 Å². The Morgan fingerprint density at radius 2 is 1.80 bits per heavy atom. The number of rotatable bonds is 5. The number of para-hydroxylation sites is 1. The molecule has 0 fully saturated rings. The summed E-state index contributed by atoms with van der Waals surface area (Å²) in [5.41, 5.74) is 2.38. The molecular formula is C16H23N3O. The van der Waals surface area contributed by atoms with E-state index in [1.165, 1.54) is 0 Å². The molecule has 4 heteroatoms. The van der Waals surface area contributed by atoms with Gasteiger partial charge < -0.3 is 0 Å². The van der Waals surface area contributed by atoms with Gasteiger partial charge in [0.25, 0.3) is 0 Å². The van der Waals surface area contributed by atoms with E-state index in [0.717, 1.165) is 24.2 Å². The van der Waals surface area contributed by atoms with Gasteiger partial charge in [-0.1, -0.05) is 57.5 Å². The van der Waals surface area contributed by atoms with Crippen molar-refractivity contribution < 1.29 is 4.79 Å². The maximum Gasteiger partial charge on any atom is 0.184 e. The van der Waals surface area contributed by atoms with Gasteiger partial charge >= 0.3 is 0 Å².